The summed E-state index contributed by atoms with van der Waals surface area (Å²) in [4.78, 5) is 0. The fourth-order valence-corrected chi connectivity index (χ4v) is 0.586. The molecule has 0 spiro atoms. The predicted octanol–water partition coefficient (Wildman–Crippen LogP) is 2.00. The van der Waals surface area contributed by atoms with Crippen LogP contribution in [-0.2, 0) is 0 Å². The van der Waals surface area contributed by atoms with Crippen LogP contribution in [0.25, 0.3) is 0 Å². The van der Waals surface area contributed by atoms with Gasteiger partial charge >= 0.3 is 0 Å². The molecule has 0 fully saturated rings. The molecular formula is C7H7ClN2. The van der Waals surface area contributed by atoms with E-state index in [0.717, 1.165) is 5.69 Å². The van der Waals surface area contributed by atoms with Crippen LogP contribution in [0, 0.1) is 11.5 Å². The summed E-state index contributed by atoms with van der Waals surface area (Å²) in [6, 6.07) is 9.33. The van der Waals surface area contributed by atoms with Gasteiger partial charge in [-0.1, -0.05) is 18.2 Å². The summed E-state index contributed by atoms with van der Waals surface area (Å²) < 4.78 is 0. The van der Waals surface area contributed by atoms with Crippen LogP contribution < -0.4 is 5.32 Å². The molecule has 0 amide bonds. The van der Waals surface area contributed by atoms with E-state index in [2.05, 4.69) is 5.32 Å². The summed E-state index contributed by atoms with van der Waals surface area (Å²) in [7, 11) is 0. The lowest BCUT2D eigenvalue weighted by molar-refractivity contribution is 1.47. The fourth-order valence-electron chi connectivity index (χ4n) is 0.586. The van der Waals surface area contributed by atoms with Gasteiger partial charge in [0.05, 0.1) is 0 Å². The Morgan fingerprint density at radius 2 is 1.80 bits per heavy atom. The lowest BCUT2D eigenvalue weighted by atomic mass is 10.3. The van der Waals surface area contributed by atoms with E-state index < -0.39 is 0 Å². The van der Waals surface area contributed by atoms with Gasteiger partial charge in [-0.25, -0.2) is 0 Å². The van der Waals surface area contributed by atoms with Crippen LogP contribution in [0.1, 0.15) is 0 Å². The summed E-state index contributed by atoms with van der Waals surface area (Å²) in [6.45, 7) is 0. The minimum absolute atomic E-state index is 0. The first kappa shape index (κ1) is 8.80. The van der Waals surface area contributed by atoms with Gasteiger partial charge in [0.15, 0.2) is 6.19 Å². The summed E-state index contributed by atoms with van der Waals surface area (Å²) in [6.07, 6.45) is 1.83. The summed E-state index contributed by atoms with van der Waals surface area (Å²) in [5.41, 5.74) is 0.833. The molecule has 0 unspecified atom stereocenters. The van der Waals surface area contributed by atoms with E-state index >= 15 is 0 Å². The van der Waals surface area contributed by atoms with E-state index in [0.29, 0.717) is 0 Å². The van der Waals surface area contributed by atoms with Crippen molar-refractivity contribution in [2.75, 3.05) is 5.32 Å². The third-order valence-corrected chi connectivity index (χ3v) is 0.974. The van der Waals surface area contributed by atoms with Gasteiger partial charge in [0, 0.05) is 5.69 Å². The van der Waals surface area contributed by atoms with Crippen molar-refractivity contribution in [3.63, 3.8) is 0 Å². The smallest absolute Gasteiger partial charge is 0.181 e. The quantitative estimate of drug-likeness (QED) is 0.496. The maximum Gasteiger partial charge on any atom is 0.181 e. The molecule has 0 saturated carbocycles. The Labute approximate surface area is 65.9 Å². The molecule has 10 heavy (non-hydrogen) atoms. The van der Waals surface area contributed by atoms with Crippen molar-refractivity contribution >= 4 is 18.1 Å². The number of hydrogen-bond donors (Lipinski definition) is 1. The van der Waals surface area contributed by atoms with Crippen LogP contribution in [0.2, 0.25) is 0 Å². The van der Waals surface area contributed by atoms with Crippen molar-refractivity contribution in [1.29, 1.82) is 5.26 Å². The highest BCUT2D eigenvalue weighted by Gasteiger charge is 1.81. The SMILES string of the molecule is Cl.N#CNc1ccccc1. The van der Waals surface area contributed by atoms with Crippen LogP contribution in [0.15, 0.2) is 30.3 Å². The van der Waals surface area contributed by atoms with Crippen LogP contribution in [-0.4, -0.2) is 0 Å². The third kappa shape index (κ3) is 2.38. The zero-order chi connectivity index (χ0) is 6.53. The molecule has 1 rings (SSSR count). The first-order chi connectivity index (χ1) is 4.43. The van der Waals surface area contributed by atoms with Gasteiger partial charge in [-0.15, -0.1) is 12.4 Å². The molecule has 0 bridgehead atoms. The number of halogens is 1. The first-order valence-electron chi connectivity index (χ1n) is 2.63. The number of benzene rings is 1. The molecule has 0 aliphatic carbocycles. The van der Waals surface area contributed by atoms with Crippen molar-refractivity contribution in [1.82, 2.24) is 0 Å². The standard InChI is InChI=1S/C7H6N2.ClH/c8-6-9-7-4-2-1-3-5-7;/h1-5,9H;1H. The van der Waals surface area contributed by atoms with Gasteiger partial charge in [0.1, 0.15) is 0 Å². The zero-order valence-corrected chi connectivity index (χ0v) is 6.06. The lowest BCUT2D eigenvalue weighted by Gasteiger charge is -1.91. The molecule has 1 N–H and O–H groups in total. The maximum atomic E-state index is 8.16. The average molecular weight is 155 g/mol. The van der Waals surface area contributed by atoms with E-state index in [-0.39, 0.29) is 12.4 Å². The van der Waals surface area contributed by atoms with Gasteiger partial charge in [-0.05, 0) is 12.1 Å². The van der Waals surface area contributed by atoms with Crippen molar-refractivity contribution in [2.45, 2.75) is 0 Å². The second-order valence-corrected chi connectivity index (χ2v) is 1.60. The van der Waals surface area contributed by atoms with Crippen LogP contribution in [0.5, 0.6) is 0 Å². The first-order valence-corrected chi connectivity index (χ1v) is 2.63. The molecular weight excluding hydrogens is 148 g/mol. The monoisotopic (exact) mass is 154 g/mol. The second kappa shape index (κ2) is 4.66. The Hall–Kier alpha value is -1.20. The number of para-hydroxylation sites is 1. The summed E-state index contributed by atoms with van der Waals surface area (Å²) >= 11 is 0. The van der Waals surface area contributed by atoms with Crippen molar-refractivity contribution in [3.05, 3.63) is 30.3 Å². The molecule has 1 aromatic rings. The zero-order valence-electron chi connectivity index (χ0n) is 5.24. The summed E-state index contributed by atoms with van der Waals surface area (Å²) in [5.74, 6) is 0. The Balaban J connectivity index is 0.000000810. The van der Waals surface area contributed by atoms with Gasteiger partial charge in [0.2, 0.25) is 0 Å². The van der Waals surface area contributed by atoms with Crippen molar-refractivity contribution < 1.29 is 0 Å². The predicted molar refractivity (Wildman–Crippen MR) is 42.9 cm³/mol. The topological polar surface area (TPSA) is 35.8 Å². The molecule has 0 aliphatic rings. The Morgan fingerprint density at radius 1 is 1.20 bits per heavy atom. The Morgan fingerprint density at radius 3 is 2.30 bits per heavy atom. The van der Waals surface area contributed by atoms with Crippen molar-refractivity contribution in [2.24, 2.45) is 0 Å². The lowest BCUT2D eigenvalue weighted by Crippen LogP contribution is -1.83. The highest BCUT2D eigenvalue weighted by molar-refractivity contribution is 5.85. The van der Waals surface area contributed by atoms with Crippen LogP contribution in [0.3, 0.4) is 0 Å². The maximum absolute atomic E-state index is 8.16. The largest absolute Gasteiger partial charge is 0.293 e. The number of nitriles is 1. The molecule has 0 aliphatic heterocycles. The van der Waals surface area contributed by atoms with E-state index in [1.54, 1.807) is 0 Å². The number of nitrogens with zero attached hydrogens (tertiary/aromatic N) is 1. The van der Waals surface area contributed by atoms with Gasteiger partial charge in [-0.2, -0.15) is 5.26 Å². The molecule has 1 aromatic carbocycles. The molecule has 0 aromatic heterocycles. The molecule has 0 radical (unpaired) electrons. The van der Waals surface area contributed by atoms with Crippen molar-refractivity contribution in [3.8, 4) is 6.19 Å². The molecule has 2 nitrogen and oxygen atoms in total. The van der Waals surface area contributed by atoms with Gasteiger partial charge in [-0.3, -0.25) is 5.32 Å². The number of nitrogens with one attached hydrogen (secondary N) is 1. The van der Waals surface area contributed by atoms with Crippen LogP contribution in [0.4, 0.5) is 5.69 Å². The molecule has 0 heterocycles. The molecule has 0 saturated heterocycles. The Kier molecular flexibility index (Phi) is 4.10. The average Bonchev–Trinajstić information content (AvgIpc) is 1.91. The Bertz CT molecular complexity index is 215. The fraction of sp³-hybridized carbons (Fsp3) is 0. The minimum atomic E-state index is 0. The van der Waals surface area contributed by atoms with E-state index in [1.165, 1.54) is 0 Å². The highest BCUT2D eigenvalue weighted by atomic mass is 35.5. The van der Waals surface area contributed by atoms with Gasteiger partial charge in [0.25, 0.3) is 0 Å². The second-order valence-electron chi connectivity index (χ2n) is 1.60. The molecule has 3 heteroatoms. The highest BCUT2D eigenvalue weighted by Crippen LogP contribution is 2.02. The molecule has 52 valence electrons. The normalized spacial score (nSPS) is 7.10. The van der Waals surface area contributed by atoms with Crippen LogP contribution >= 0.6 is 12.4 Å². The van der Waals surface area contributed by atoms with Gasteiger partial charge < -0.3 is 0 Å². The molecule has 0 atom stereocenters. The van der Waals surface area contributed by atoms with E-state index in [1.807, 2.05) is 36.5 Å². The number of rotatable bonds is 1. The number of anilines is 1. The third-order valence-electron chi connectivity index (χ3n) is 0.974. The number of hydrogen-bond acceptors (Lipinski definition) is 2. The minimum Gasteiger partial charge on any atom is -0.293 e. The van der Waals surface area contributed by atoms with E-state index in [9.17, 15) is 0 Å². The van der Waals surface area contributed by atoms with E-state index in [4.69, 9.17) is 5.26 Å². The summed E-state index contributed by atoms with van der Waals surface area (Å²) in [5, 5.41) is 10.7.